The molecular formula is C11H16N2O2. The van der Waals surface area contributed by atoms with Crippen molar-refractivity contribution in [2.24, 2.45) is 5.92 Å². The number of rotatable bonds is 3. The number of hydrogen-bond donors (Lipinski definition) is 1. The topological polar surface area (TPSA) is 57.4 Å². The van der Waals surface area contributed by atoms with Gasteiger partial charge in [-0.05, 0) is 30.9 Å². The zero-order chi connectivity index (χ0) is 10.5. The second kappa shape index (κ2) is 4.98. The van der Waals surface area contributed by atoms with Crippen molar-refractivity contribution in [3.63, 3.8) is 0 Å². The lowest BCUT2D eigenvalue weighted by Gasteiger charge is -2.22. The number of aromatic nitrogens is 1. The Morgan fingerprint density at radius 2 is 2.27 bits per heavy atom. The molecule has 0 aliphatic carbocycles. The van der Waals surface area contributed by atoms with Gasteiger partial charge in [-0.15, -0.1) is 0 Å². The van der Waals surface area contributed by atoms with Gasteiger partial charge in [0.2, 0.25) is 0 Å². The van der Waals surface area contributed by atoms with Gasteiger partial charge in [0.1, 0.15) is 0 Å². The summed E-state index contributed by atoms with van der Waals surface area (Å²) in [5.41, 5.74) is 5.68. The number of nitrogens with two attached hydrogens (primary N) is 1. The molecule has 0 atom stereocenters. The molecule has 1 fully saturated rings. The number of nitrogen functional groups attached to an aromatic ring is 1. The number of anilines is 1. The van der Waals surface area contributed by atoms with Crippen LogP contribution in [0.3, 0.4) is 0 Å². The molecule has 15 heavy (non-hydrogen) atoms. The summed E-state index contributed by atoms with van der Waals surface area (Å²) in [5.74, 6) is 1.73. The van der Waals surface area contributed by atoms with Gasteiger partial charge in [-0.25, -0.2) is 4.98 Å². The summed E-state index contributed by atoms with van der Waals surface area (Å²) < 4.78 is 10.9. The van der Waals surface area contributed by atoms with Crippen LogP contribution in [-0.4, -0.2) is 24.8 Å². The first-order valence-electron chi connectivity index (χ1n) is 5.27. The minimum Gasteiger partial charge on any atom is -0.489 e. The molecular weight excluding hydrogens is 192 g/mol. The Bertz CT molecular complexity index is 311. The molecule has 0 spiro atoms. The molecule has 4 nitrogen and oxygen atoms in total. The first-order valence-corrected chi connectivity index (χ1v) is 5.27. The minimum absolute atomic E-state index is 0.463. The van der Waals surface area contributed by atoms with Crippen LogP contribution in [0, 0.1) is 5.92 Å². The van der Waals surface area contributed by atoms with Crippen molar-refractivity contribution >= 4 is 5.82 Å². The highest BCUT2D eigenvalue weighted by Crippen LogP contribution is 2.20. The fourth-order valence-corrected chi connectivity index (χ4v) is 1.65. The van der Waals surface area contributed by atoms with Crippen molar-refractivity contribution in [1.29, 1.82) is 0 Å². The number of nitrogens with zero attached hydrogens (tertiary/aromatic N) is 1. The SMILES string of the molecule is Nc1ncccc1OCC1CCOCC1. The van der Waals surface area contributed by atoms with Crippen LogP contribution in [0.5, 0.6) is 5.75 Å². The Kier molecular flexibility index (Phi) is 3.40. The van der Waals surface area contributed by atoms with E-state index < -0.39 is 0 Å². The molecule has 82 valence electrons. The maximum atomic E-state index is 5.68. The maximum absolute atomic E-state index is 5.68. The molecule has 0 unspecified atom stereocenters. The van der Waals surface area contributed by atoms with E-state index in [0.29, 0.717) is 24.1 Å². The van der Waals surface area contributed by atoms with Gasteiger partial charge < -0.3 is 15.2 Å². The number of hydrogen-bond acceptors (Lipinski definition) is 4. The van der Waals surface area contributed by atoms with Gasteiger partial charge in [-0.2, -0.15) is 0 Å². The summed E-state index contributed by atoms with van der Waals surface area (Å²) in [7, 11) is 0. The van der Waals surface area contributed by atoms with Crippen molar-refractivity contribution < 1.29 is 9.47 Å². The highest BCUT2D eigenvalue weighted by Gasteiger charge is 2.14. The average Bonchev–Trinajstić information content (AvgIpc) is 2.29. The first-order chi connectivity index (χ1) is 7.36. The van der Waals surface area contributed by atoms with E-state index in [1.165, 1.54) is 0 Å². The largest absolute Gasteiger partial charge is 0.489 e. The molecule has 4 heteroatoms. The minimum atomic E-state index is 0.463. The van der Waals surface area contributed by atoms with Crippen LogP contribution in [0.4, 0.5) is 5.82 Å². The summed E-state index contributed by atoms with van der Waals surface area (Å²) in [6.07, 6.45) is 3.80. The van der Waals surface area contributed by atoms with Crippen LogP contribution < -0.4 is 10.5 Å². The van der Waals surface area contributed by atoms with Gasteiger partial charge in [0, 0.05) is 19.4 Å². The van der Waals surface area contributed by atoms with Crippen molar-refractivity contribution in [3.05, 3.63) is 18.3 Å². The van der Waals surface area contributed by atoms with Crippen LogP contribution in [0.1, 0.15) is 12.8 Å². The highest BCUT2D eigenvalue weighted by molar-refractivity contribution is 5.44. The third kappa shape index (κ3) is 2.83. The van der Waals surface area contributed by atoms with Crippen LogP contribution in [0.15, 0.2) is 18.3 Å². The third-order valence-electron chi connectivity index (χ3n) is 2.62. The summed E-state index contributed by atoms with van der Waals surface area (Å²) in [5, 5.41) is 0. The molecule has 1 saturated heterocycles. The van der Waals surface area contributed by atoms with Crippen molar-refractivity contribution in [3.8, 4) is 5.75 Å². The zero-order valence-corrected chi connectivity index (χ0v) is 8.69. The van der Waals surface area contributed by atoms with Gasteiger partial charge in [-0.3, -0.25) is 0 Å². The molecule has 1 aromatic rings. The Hall–Kier alpha value is -1.29. The molecule has 2 heterocycles. The molecule has 0 amide bonds. The van der Waals surface area contributed by atoms with Crippen molar-refractivity contribution in [1.82, 2.24) is 4.98 Å². The predicted octanol–water partition coefficient (Wildman–Crippen LogP) is 1.47. The fourth-order valence-electron chi connectivity index (χ4n) is 1.65. The van der Waals surface area contributed by atoms with Gasteiger partial charge in [0.25, 0.3) is 0 Å². The Morgan fingerprint density at radius 1 is 1.47 bits per heavy atom. The van der Waals surface area contributed by atoms with E-state index in [9.17, 15) is 0 Å². The number of pyridine rings is 1. The molecule has 0 aromatic carbocycles. The average molecular weight is 208 g/mol. The molecule has 1 aromatic heterocycles. The standard InChI is InChI=1S/C11H16N2O2/c12-11-10(2-1-5-13-11)15-8-9-3-6-14-7-4-9/h1-2,5,9H,3-4,6-8H2,(H2,12,13). The molecule has 2 rings (SSSR count). The second-order valence-corrected chi connectivity index (χ2v) is 3.75. The summed E-state index contributed by atoms with van der Waals surface area (Å²) in [6, 6.07) is 3.68. The van der Waals surface area contributed by atoms with Crippen molar-refractivity contribution in [2.75, 3.05) is 25.6 Å². The lowest BCUT2D eigenvalue weighted by Crippen LogP contribution is -2.21. The van der Waals surface area contributed by atoms with E-state index in [-0.39, 0.29) is 0 Å². The molecule has 1 aliphatic heterocycles. The van der Waals surface area contributed by atoms with Crippen LogP contribution >= 0.6 is 0 Å². The first kappa shape index (κ1) is 10.2. The van der Waals surface area contributed by atoms with Crippen LogP contribution in [0.25, 0.3) is 0 Å². The smallest absolute Gasteiger partial charge is 0.166 e. The molecule has 0 bridgehead atoms. The van der Waals surface area contributed by atoms with Crippen LogP contribution in [0.2, 0.25) is 0 Å². The number of ether oxygens (including phenoxy) is 2. The van der Waals surface area contributed by atoms with E-state index in [2.05, 4.69) is 4.98 Å². The highest BCUT2D eigenvalue weighted by atomic mass is 16.5. The lowest BCUT2D eigenvalue weighted by atomic mass is 10.0. The van der Waals surface area contributed by atoms with E-state index >= 15 is 0 Å². The summed E-state index contributed by atoms with van der Waals surface area (Å²) in [4.78, 5) is 3.97. The third-order valence-corrected chi connectivity index (χ3v) is 2.62. The molecule has 1 aliphatic rings. The van der Waals surface area contributed by atoms with Gasteiger partial charge >= 0.3 is 0 Å². The zero-order valence-electron chi connectivity index (χ0n) is 8.69. The Balaban J connectivity index is 1.84. The van der Waals surface area contributed by atoms with Gasteiger partial charge in [0.15, 0.2) is 11.6 Å². The second-order valence-electron chi connectivity index (χ2n) is 3.75. The van der Waals surface area contributed by atoms with E-state index in [1.54, 1.807) is 6.20 Å². The fraction of sp³-hybridized carbons (Fsp3) is 0.545. The summed E-state index contributed by atoms with van der Waals surface area (Å²) in [6.45, 7) is 2.40. The Labute approximate surface area is 89.4 Å². The normalized spacial score (nSPS) is 17.6. The van der Waals surface area contributed by atoms with Gasteiger partial charge in [-0.1, -0.05) is 0 Å². The Morgan fingerprint density at radius 3 is 3.00 bits per heavy atom. The van der Waals surface area contributed by atoms with E-state index in [0.717, 1.165) is 26.1 Å². The monoisotopic (exact) mass is 208 g/mol. The molecule has 0 saturated carbocycles. The molecule has 0 radical (unpaired) electrons. The quantitative estimate of drug-likeness (QED) is 0.817. The van der Waals surface area contributed by atoms with Gasteiger partial charge in [0.05, 0.1) is 6.61 Å². The maximum Gasteiger partial charge on any atom is 0.166 e. The summed E-state index contributed by atoms with van der Waals surface area (Å²) >= 11 is 0. The molecule has 2 N–H and O–H groups in total. The van der Waals surface area contributed by atoms with E-state index in [4.69, 9.17) is 15.2 Å². The van der Waals surface area contributed by atoms with Crippen LogP contribution in [-0.2, 0) is 4.74 Å². The van der Waals surface area contributed by atoms with Crippen molar-refractivity contribution in [2.45, 2.75) is 12.8 Å². The lowest BCUT2D eigenvalue weighted by molar-refractivity contribution is 0.0498. The predicted molar refractivity (Wildman–Crippen MR) is 57.7 cm³/mol. The van der Waals surface area contributed by atoms with E-state index in [1.807, 2.05) is 12.1 Å².